The highest BCUT2D eigenvalue weighted by Gasteiger charge is 2.26. The smallest absolute Gasteiger partial charge is 0.166 e. The summed E-state index contributed by atoms with van der Waals surface area (Å²) in [6.45, 7) is 2.27. The SMILES string of the molecule is CCC[C@H]1CC[C@H](C2C=CC(c3cccc(F)c3F)=CC2)CC1. The van der Waals surface area contributed by atoms with Crippen molar-refractivity contribution in [1.82, 2.24) is 0 Å². The first kappa shape index (κ1) is 16.4. The van der Waals surface area contributed by atoms with Crippen LogP contribution in [0.15, 0.2) is 36.4 Å². The highest BCUT2D eigenvalue weighted by Crippen LogP contribution is 2.39. The lowest BCUT2D eigenvalue weighted by Crippen LogP contribution is -2.21. The Hall–Kier alpha value is -1.44. The lowest BCUT2D eigenvalue weighted by molar-refractivity contribution is 0.221. The number of allylic oxidation sites excluding steroid dienone is 4. The largest absolute Gasteiger partial charge is 0.204 e. The molecule has 0 nitrogen and oxygen atoms in total. The molecular weight excluding hydrogens is 290 g/mol. The van der Waals surface area contributed by atoms with Crippen LogP contribution in [-0.4, -0.2) is 0 Å². The summed E-state index contributed by atoms with van der Waals surface area (Å²) in [5.41, 5.74) is 1.20. The Labute approximate surface area is 138 Å². The molecule has 0 radical (unpaired) electrons. The summed E-state index contributed by atoms with van der Waals surface area (Å²) in [4.78, 5) is 0. The van der Waals surface area contributed by atoms with Gasteiger partial charge in [0, 0.05) is 5.56 Å². The number of hydrogen-bond acceptors (Lipinski definition) is 0. The van der Waals surface area contributed by atoms with Crippen molar-refractivity contribution in [1.29, 1.82) is 0 Å². The summed E-state index contributed by atoms with van der Waals surface area (Å²) in [7, 11) is 0. The van der Waals surface area contributed by atoms with E-state index < -0.39 is 11.6 Å². The van der Waals surface area contributed by atoms with Gasteiger partial charge < -0.3 is 0 Å². The molecule has 0 saturated heterocycles. The monoisotopic (exact) mass is 316 g/mol. The fraction of sp³-hybridized carbons (Fsp3) is 0.524. The molecule has 2 heteroatoms. The zero-order valence-electron chi connectivity index (χ0n) is 13.9. The van der Waals surface area contributed by atoms with Gasteiger partial charge >= 0.3 is 0 Å². The number of rotatable bonds is 4. The molecule has 2 aliphatic carbocycles. The van der Waals surface area contributed by atoms with Crippen molar-refractivity contribution in [3.8, 4) is 0 Å². The van der Waals surface area contributed by atoms with Gasteiger partial charge in [-0.15, -0.1) is 0 Å². The Morgan fingerprint density at radius 1 is 1.09 bits per heavy atom. The van der Waals surface area contributed by atoms with Gasteiger partial charge in [0.15, 0.2) is 11.6 Å². The molecule has 1 aromatic rings. The molecule has 1 fully saturated rings. The number of hydrogen-bond donors (Lipinski definition) is 0. The van der Waals surface area contributed by atoms with E-state index in [-0.39, 0.29) is 0 Å². The van der Waals surface area contributed by atoms with E-state index in [1.165, 1.54) is 44.6 Å². The molecule has 1 saturated carbocycles. The summed E-state index contributed by atoms with van der Waals surface area (Å²) >= 11 is 0. The van der Waals surface area contributed by atoms with E-state index in [1.54, 1.807) is 12.1 Å². The molecule has 1 unspecified atom stereocenters. The summed E-state index contributed by atoms with van der Waals surface area (Å²) < 4.78 is 27.3. The minimum atomic E-state index is -0.770. The van der Waals surface area contributed by atoms with Gasteiger partial charge in [-0.3, -0.25) is 0 Å². The van der Waals surface area contributed by atoms with Gasteiger partial charge in [0.1, 0.15) is 0 Å². The fourth-order valence-corrected chi connectivity index (χ4v) is 4.23. The molecule has 23 heavy (non-hydrogen) atoms. The third-order valence-electron chi connectivity index (χ3n) is 5.59. The molecule has 3 rings (SSSR count). The van der Waals surface area contributed by atoms with Gasteiger partial charge in [0.2, 0.25) is 0 Å². The number of halogens is 2. The van der Waals surface area contributed by atoms with E-state index in [2.05, 4.69) is 19.1 Å². The van der Waals surface area contributed by atoms with Gasteiger partial charge in [-0.1, -0.05) is 63.0 Å². The lowest BCUT2D eigenvalue weighted by Gasteiger charge is -2.33. The van der Waals surface area contributed by atoms with Gasteiger partial charge in [0.05, 0.1) is 0 Å². The highest BCUT2D eigenvalue weighted by atomic mass is 19.2. The maximum absolute atomic E-state index is 13.9. The van der Waals surface area contributed by atoms with Crippen LogP contribution in [0.4, 0.5) is 8.78 Å². The summed E-state index contributed by atoms with van der Waals surface area (Å²) in [5.74, 6) is 0.749. The van der Waals surface area contributed by atoms with Crippen molar-refractivity contribution >= 4 is 5.57 Å². The first-order valence-electron chi connectivity index (χ1n) is 9.01. The van der Waals surface area contributed by atoms with Gasteiger partial charge in [0.25, 0.3) is 0 Å². The molecule has 0 heterocycles. The molecule has 0 amide bonds. The van der Waals surface area contributed by atoms with Crippen molar-refractivity contribution in [3.05, 3.63) is 53.6 Å². The van der Waals surface area contributed by atoms with Crippen LogP contribution in [0.25, 0.3) is 5.57 Å². The fourth-order valence-electron chi connectivity index (χ4n) is 4.23. The first-order valence-corrected chi connectivity index (χ1v) is 9.01. The van der Waals surface area contributed by atoms with Gasteiger partial charge in [-0.2, -0.15) is 0 Å². The van der Waals surface area contributed by atoms with Crippen LogP contribution in [0.5, 0.6) is 0 Å². The zero-order chi connectivity index (χ0) is 16.2. The van der Waals surface area contributed by atoms with Gasteiger partial charge in [-0.25, -0.2) is 8.78 Å². The van der Waals surface area contributed by atoms with Gasteiger partial charge in [-0.05, 0) is 48.7 Å². The average Bonchev–Trinajstić information content (AvgIpc) is 2.59. The Morgan fingerprint density at radius 2 is 1.87 bits per heavy atom. The number of benzene rings is 1. The quantitative estimate of drug-likeness (QED) is 0.592. The molecule has 1 atom stereocenters. The average molecular weight is 316 g/mol. The van der Waals surface area contributed by atoms with E-state index in [0.29, 0.717) is 11.5 Å². The predicted octanol–water partition coefficient (Wildman–Crippen LogP) is 6.53. The maximum atomic E-state index is 13.9. The molecule has 124 valence electrons. The molecule has 0 aromatic heterocycles. The molecular formula is C21H26F2. The Balaban J connectivity index is 1.61. The summed E-state index contributed by atoms with van der Waals surface area (Å²) in [5, 5.41) is 0. The van der Waals surface area contributed by atoms with Crippen molar-refractivity contribution in [3.63, 3.8) is 0 Å². The minimum absolute atomic E-state index is 0.381. The Bertz CT molecular complexity index is 592. The molecule has 0 spiro atoms. The lowest BCUT2D eigenvalue weighted by atomic mass is 9.72. The van der Waals surface area contributed by atoms with E-state index >= 15 is 0 Å². The third kappa shape index (κ3) is 3.73. The molecule has 0 N–H and O–H groups in total. The summed E-state index contributed by atoms with van der Waals surface area (Å²) in [6.07, 6.45) is 15.3. The van der Waals surface area contributed by atoms with Crippen molar-refractivity contribution in [2.45, 2.75) is 51.9 Å². The van der Waals surface area contributed by atoms with Crippen molar-refractivity contribution < 1.29 is 8.78 Å². The van der Waals surface area contributed by atoms with E-state index in [1.807, 2.05) is 6.08 Å². The molecule has 0 bridgehead atoms. The van der Waals surface area contributed by atoms with Crippen LogP contribution < -0.4 is 0 Å². The minimum Gasteiger partial charge on any atom is -0.204 e. The second kappa shape index (κ2) is 7.42. The van der Waals surface area contributed by atoms with E-state index in [4.69, 9.17) is 0 Å². The standard InChI is InChI=1S/C21H26F2/c1-2-4-15-7-9-16(10-8-15)17-11-13-18(14-12-17)19-5-3-6-20(22)21(19)23/h3,5-6,11,13-17H,2,4,7-10,12H2,1H3/t15-,16-,17?. The third-order valence-corrected chi connectivity index (χ3v) is 5.59. The van der Waals surface area contributed by atoms with E-state index in [0.717, 1.165) is 23.8 Å². The first-order chi connectivity index (χ1) is 11.2. The van der Waals surface area contributed by atoms with Crippen LogP contribution in [0.2, 0.25) is 0 Å². The molecule has 1 aromatic carbocycles. The predicted molar refractivity (Wildman–Crippen MR) is 91.9 cm³/mol. The van der Waals surface area contributed by atoms with Crippen LogP contribution in [0.1, 0.15) is 57.4 Å². The highest BCUT2D eigenvalue weighted by molar-refractivity contribution is 5.75. The van der Waals surface area contributed by atoms with Crippen LogP contribution in [0.3, 0.4) is 0 Å². The maximum Gasteiger partial charge on any atom is 0.166 e. The Morgan fingerprint density at radius 3 is 2.52 bits per heavy atom. The van der Waals surface area contributed by atoms with Crippen molar-refractivity contribution in [2.24, 2.45) is 17.8 Å². The topological polar surface area (TPSA) is 0 Å². The Kier molecular flexibility index (Phi) is 5.30. The molecule has 2 aliphatic rings. The normalized spacial score (nSPS) is 27.8. The van der Waals surface area contributed by atoms with Crippen LogP contribution in [-0.2, 0) is 0 Å². The second-order valence-electron chi connectivity index (χ2n) is 7.09. The second-order valence-corrected chi connectivity index (χ2v) is 7.09. The van der Waals surface area contributed by atoms with Crippen molar-refractivity contribution in [2.75, 3.05) is 0 Å². The van der Waals surface area contributed by atoms with Crippen LogP contribution >= 0.6 is 0 Å². The van der Waals surface area contributed by atoms with Crippen LogP contribution in [0, 0.1) is 29.4 Å². The summed E-state index contributed by atoms with van der Waals surface area (Å²) in [6, 6.07) is 4.40. The molecule has 0 aliphatic heterocycles. The van der Waals surface area contributed by atoms with E-state index in [9.17, 15) is 8.78 Å². The zero-order valence-corrected chi connectivity index (χ0v) is 13.9.